The number of nitrogens with zero attached hydrogens (tertiary/aromatic N) is 1. The van der Waals surface area contributed by atoms with Gasteiger partial charge in [0.15, 0.2) is 4.32 Å². The SMILES string of the molecule is O=C1C(=Cc2ccco2)SC(=S)N1C(=O)c1ccc(F)cc1. The Bertz CT molecular complexity index is 782. The lowest BCUT2D eigenvalue weighted by atomic mass is 10.2. The van der Waals surface area contributed by atoms with Crippen molar-refractivity contribution in [2.75, 3.05) is 0 Å². The van der Waals surface area contributed by atoms with Crippen LogP contribution in [0.5, 0.6) is 0 Å². The van der Waals surface area contributed by atoms with Crippen molar-refractivity contribution in [3.8, 4) is 0 Å². The van der Waals surface area contributed by atoms with Crippen LogP contribution in [0.25, 0.3) is 6.08 Å². The topological polar surface area (TPSA) is 50.5 Å². The molecule has 0 bridgehead atoms. The summed E-state index contributed by atoms with van der Waals surface area (Å²) < 4.78 is 18.2. The zero-order valence-corrected chi connectivity index (χ0v) is 12.6. The van der Waals surface area contributed by atoms with E-state index in [-0.39, 0.29) is 9.88 Å². The minimum atomic E-state index is -0.578. The van der Waals surface area contributed by atoms with Crippen LogP contribution in [-0.4, -0.2) is 21.0 Å². The molecule has 0 spiro atoms. The van der Waals surface area contributed by atoms with Crippen LogP contribution < -0.4 is 0 Å². The average molecular weight is 333 g/mol. The summed E-state index contributed by atoms with van der Waals surface area (Å²) in [5, 5.41) is 0. The van der Waals surface area contributed by atoms with Crippen molar-refractivity contribution < 1.29 is 18.4 Å². The Labute approximate surface area is 134 Å². The van der Waals surface area contributed by atoms with Crippen molar-refractivity contribution in [3.63, 3.8) is 0 Å². The Morgan fingerprint density at radius 2 is 2.00 bits per heavy atom. The van der Waals surface area contributed by atoms with E-state index in [1.54, 1.807) is 12.1 Å². The normalized spacial score (nSPS) is 16.6. The molecule has 2 aromatic rings. The molecule has 2 amide bonds. The van der Waals surface area contributed by atoms with Crippen molar-refractivity contribution in [3.05, 3.63) is 64.7 Å². The van der Waals surface area contributed by atoms with Crippen LogP contribution in [0.1, 0.15) is 16.1 Å². The van der Waals surface area contributed by atoms with Crippen molar-refractivity contribution >= 4 is 46.2 Å². The van der Waals surface area contributed by atoms with Gasteiger partial charge in [-0.1, -0.05) is 24.0 Å². The lowest BCUT2D eigenvalue weighted by Gasteiger charge is -2.12. The average Bonchev–Trinajstić information content (AvgIpc) is 3.09. The van der Waals surface area contributed by atoms with Gasteiger partial charge >= 0.3 is 0 Å². The first-order valence-electron chi connectivity index (χ1n) is 6.17. The van der Waals surface area contributed by atoms with Crippen molar-refractivity contribution in [2.24, 2.45) is 0 Å². The maximum Gasteiger partial charge on any atom is 0.273 e. The highest BCUT2D eigenvalue weighted by Gasteiger charge is 2.37. The molecule has 4 nitrogen and oxygen atoms in total. The van der Waals surface area contributed by atoms with E-state index in [2.05, 4.69) is 0 Å². The van der Waals surface area contributed by atoms with Crippen molar-refractivity contribution in [1.29, 1.82) is 0 Å². The number of rotatable bonds is 2. The number of amides is 2. The van der Waals surface area contributed by atoms with E-state index in [9.17, 15) is 14.0 Å². The smallest absolute Gasteiger partial charge is 0.273 e. The second-order valence-corrected chi connectivity index (χ2v) is 6.02. The molecular formula is C15H8FNO3S2. The molecule has 1 saturated heterocycles. The van der Waals surface area contributed by atoms with Crippen LogP contribution in [0.15, 0.2) is 52.0 Å². The van der Waals surface area contributed by atoms with E-state index < -0.39 is 17.6 Å². The van der Waals surface area contributed by atoms with Crippen LogP contribution in [0, 0.1) is 5.82 Å². The third-order valence-corrected chi connectivity index (χ3v) is 4.21. The van der Waals surface area contributed by atoms with E-state index in [1.165, 1.54) is 24.5 Å². The molecule has 3 rings (SSSR count). The number of halogens is 1. The maximum absolute atomic E-state index is 12.9. The van der Waals surface area contributed by atoms with Gasteiger partial charge in [-0.05, 0) is 36.4 Å². The summed E-state index contributed by atoms with van der Waals surface area (Å²) in [6, 6.07) is 8.32. The molecule has 1 fully saturated rings. The highest BCUT2D eigenvalue weighted by atomic mass is 32.2. The predicted octanol–water partition coefficient (Wildman–Crippen LogP) is 3.46. The van der Waals surface area contributed by atoms with Crippen LogP contribution in [0.2, 0.25) is 0 Å². The van der Waals surface area contributed by atoms with E-state index in [4.69, 9.17) is 16.6 Å². The fraction of sp³-hybridized carbons (Fsp3) is 0. The lowest BCUT2D eigenvalue weighted by Crippen LogP contribution is -2.34. The first-order valence-corrected chi connectivity index (χ1v) is 7.40. The monoisotopic (exact) mass is 333 g/mol. The van der Waals surface area contributed by atoms with Gasteiger partial charge in [-0.25, -0.2) is 9.29 Å². The number of hydrogen-bond acceptors (Lipinski definition) is 5. The third-order valence-electron chi connectivity index (χ3n) is 2.90. The zero-order chi connectivity index (χ0) is 15.7. The summed E-state index contributed by atoms with van der Waals surface area (Å²) in [5.74, 6) is -1.06. The van der Waals surface area contributed by atoms with Crippen molar-refractivity contribution in [1.82, 2.24) is 4.90 Å². The Kier molecular flexibility index (Phi) is 3.91. The van der Waals surface area contributed by atoms with Crippen LogP contribution in [-0.2, 0) is 4.79 Å². The van der Waals surface area contributed by atoms with Crippen molar-refractivity contribution in [2.45, 2.75) is 0 Å². The molecule has 0 saturated carbocycles. The molecule has 1 aliphatic heterocycles. The minimum Gasteiger partial charge on any atom is -0.465 e. The molecule has 0 aliphatic carbocycles. The third kappa shape index (κ3) is 2.72. The Hall–Kier alpha value is -2.25. The fourth-order valence-electron chi connectivity index (χ4n) is 1.87. The number of imide groups is 1. The number of thioether (sulfide) groups is 1. The summed E-state index contributed by atoms with van der Waals surface area (Å²) in [4.78, 5) is 25.9. The minimum absolute atomic E-state index is 0.136. The summed E-state index contributed by atoms with van der Waals surface area (Å²) in [6.45, 7) is 0. The van der Waals surface area contributed by atoms with Gasteiger partial charge < -0.3 is 4.42 Å². The zero-order valence-electron chi connectivity index (χ0n) is 11.0. The summed E-state index contributed by atoms with van der Waals surface area (Å²) in [5.41, 5.74) is 0.192. The number of thiocarbonyl (C=S) groups is 1. The molecule has 2 heterocycles. The summed E-state index contributed by atoms with van der Waals surface area (Å²) in [6.07, 6.45) is 3.01. The molecule has 22 heavy (non-hydrogen) atoms. The quantitative estimate of drug-likeness (QED) is 0.478. The maximum atomic E-state index is 12.9. The second-order valence-electron chi connectivity index (χ2n) is 4.34. The molecule has 110 valence electrons. The van der Waals surface area contributed by atoms with Gasteiger partial charge in [-0.3, -0.25) is 9.59 Å². The Morgan fingerprint density at radius 3 is 2.64 bits per heavy atom. The number of carbonyl (C=O) groups is 2. The molecule has 1 aromatic heterocycles. The fourth-order valence-corrected chi connectivity index (χ4v) is 3.10. The molecule has 1 aliphatic rings. The highest BCUT2D eigenvalue weighted by molar-refractivity contribution is 8.26. The number of carbonyl (C=O) groups excluding carboxylic acids is 2. The Morgan fingerprint density at radius 1 is 1.27 bits per heavy atom. The summed E-state index contributed by atoms with van der Waals surface area (Å²) >= 11 is 6.11. The molecule has 1 aromatic carbocycles. The highest BCUT2D eigenvalue weighted by Crippen LogP contribution is 2.33. The first-order chi connectivity index (χ1) is 10.6. The van der Waals surface area contributed by atoms with Gasteiger partial charge in [0.05, 0.1) is 11.2 Å². The first kappa shape index (κ1) is 14.7. The molecule has 0 atom stereocenters. The number of hydrogen-bond donors (Lipinski definition) is 0. The van der Waals surface area contributed by atoms with E-state index in [0.717, 1.165) is 28.8 Å². The molecule has 7 heteroatoms. The molecule has 0 radical (unpaired) electrons. The molecule has 0 N–H and O–H groups in total. The molecular weight excluding hydrogens is 325 g/mol. The Balaban J connectivity index is 1.88. The van der Waals surface area contributed by atoms with E-state index in [1.807, 2.05) is 0 Å². The lowest BCUT2D eigenvalue weighted by molar-refractivity contribution is -0.120. The van der Waals surface area contributed by atoms with Gasteiger partial charge in [-0.15, -0.1) is 0 Å². The largest absolute Gasteiger partial charge is 0.465 e. The summed E-state index contributed by atoms with van der Waals surface area (Å²) in [7, 11) is 0. The van der Waals surface area contributed by atoms with Gasteiger partial charge in [0.2, 0.25) is 0 Å². The number of benzene rings is 1. The second kappa shape index (κ2) is 5.86. The van der Waals surface area contributed by atoms with Gasteiger partial charge in [0, 0.05) is 11.6 Å². The predicted molar refractivity (Wildman–Crippen MR) is 84.5 cm³/mol. The van der Waals surface area contributed by atoms with Gasteiger partial charge in [0.1, 0.15) is 11.6 Å². The molecule has 0 unspecified atom stereocenters. The van der Waals surface area contributed by atoms with Crippen LogP contribution in [0.4, 0.5) is 4.39 Å². The van der Waals surface area contributed by atoms with E-state index >= 15 is 0 Å². The van der Waals surface area contributed by atoms with E-state index in [0.29, 0.717) is 10.7 Å². The van der Waals surface area contributed by atoms with Crippen LogP contribution >= 0.6 is 24.0 Å². The standard InChI is InChI=1S/C15H8FNO3S2/c16-10-5-3-9(4-6-10)13(18)17-14(19)12(22-15(17)21)8-11-2-1-7-20-11/h1-8H. The number of furan rings is 1. The van der Waals surface area contributed by atoms with Gasteiger partial charge in [-0.2, -0.15) is 0 Å². The van der Waals surface area contributed by atoms with Gasteiger partial charge in [0.25, 0.3) is 11.8 Å². The van der Waals surface area contributed by atoms with Crippen LogP contribution in [0.3, 0.4) is 0 Å².